The average molecular weight is 306 g/mol. The van der Waals surface area contributed by atoms with Crippen molar-refractivity contribution in [3.63, 3.8) is 0 Å². The summed E-state index contributed by atoms with van der Waals surface area (Å²) in [5.74, 6) is 1.17. The molecule has 6 nitrogen and oxygen atoms in total. The van der Waals surface area contributed by atoms with E-state index in [1.54, 1.807) is 24.5 Å². The van der Waals surface area contributed by atoms with E-state index in [-0.39, 0.29) is 17.6 Å². The zero-order valence-electron chi connectivity index (χ0n) is 12.2. The van der Waals surface area contributed by atoms with E-state index >= 15 is 0 Å². The van der Waals surface area contributed by atoms with Crippen molar-refractivity contribution in [1.82, 2.24) is 4.98 Å². The number of nitrogens with one attached hydrogen (secondary N) is 2. The Labute approximate surface area is 127 Å². The summed E-state index contributed by atoms with van der Waals surface area (Å²) in [5.41, 5.74) is -0.0174. The molecule has 1 unspecified atom stereocenters. The number of aromatic nitrogens is 1. The van der Waals surface area contributed by atoms with Crippen molar-refractivity contribution < 1.29 is 4.92 Å². The van der Waals surface area contributed by atoms with Crippen LogP contribution in [0.25, 0.3) is 0 Å². The highest BCUT2D eigenvalue weighted by atomic mass is 32.1. The molecule has 2 heterocycles. The van der Waals surface area contributed by atoms with Crippen LogP contribution in [0, 0.1) is 16.0 Å². The van der Waals surface area contributed by atoms with Crippen LogP contribution < -0.4 is 10.6 Å². The smallest absolute Gasteiger partial charge is 0.311 e. The highest BCUT2D eigenvalue weighted by molar-refractivity contribution is 7.10. The molecule has 0 fully saturated rings. The van der Waals surface area contributed by atoms with Crippen molar-refractivity contribution in [2.24, 2.45) is 5.92 Å². The van der Waals surface area contributed by atoms with E-state index in [2.05, 4.69) is 29.5 Å². The predicted molar refractivity (Wildman–Crippen MR) is 86.0 cm³/mol. The van der Waals surface area contributed by atoms with E-state index in [1.807, 2.05) is 17.5 Å². The first kappa shape index (κ1) is 15.2. The lowest BCUT2D eigenvalue weighted by molar-refractivity contribution is -0.384. The van der Waals surface area contributed by atoms with Crippen molar-refractivity contribution in [2.45, 2.75) is 19.9 Å². The molecular weight excluding hydrogens is 288 g/mol. The predicted octanol–water partition coefficient (Wildman–Crippen LogP) is 3.90. The number of hydrogen-bond acceptors (Lipinski definition) is 6. The van der Waals surface area contributed by atoms with E-state index in [4.69, 9.17) is 0 Å². The van der Waals surface area contributed by atoms with Crippen LogP contribution in [0.3, 0.4) is 0 Å². The highest BCUT2D eigenvalue weighted by Gasteiger charge is 2.23. The number of thiophene rings is 1. The third-order valence-electron chi connectivity index (χ3n) is 3.14. The maximum atomic E-state index is 11.2. The van der Waals surface area contributed by atoms with Crippen LogP contribution in [0.5, 0.6) is 0 Å². The van der Waals surface area contributed by atoms with Gasteiger partial charge in [0.15, 0.2) is 0 Å². The normalized spacial score (nSPS) is 12.2. The Morgan fingerprint density at radius 1 is 1.33 bits per heavy atom. The molecule has 7 heteroatoms. The van der Waals surface area contributed by atoms with Gasteiger partial charge < -0.3 is 10.6 Å². The molecule has 2 aromatic heterocycles. The molecule has 0 saturated heterocycles. The van der Waals surface area contributed by atoms with Crippen LogP contribution in [0.2, 0.25) is 0 Å². The molecule has 2 N–H and O–H groups in total. The number of rotatable bonds is 6. The fourth-order valence-electron chi connectivity index (χ4n) is 2.03. The van der Waals surface area contributed by atoms with E-state index in [0.717, 1.165) is 4.88 Å². The Kier molecular flexibility index (Phi) is 4.74. The molecule has 21 heavy (non-hydrogen) atoms. The Bertz CT molecular complexity index is 613. The minimum absolute atomic E-state index is 0.0108. The van der Waals surface area contributed by atoms with Gasteiger partial charge in [0.2, 0.25) is 5.82 Å². The number of nitrogens with zero attached hydrogens (tertiary/aromatic N) is 2. The van der Waals surface area contributed by atoms with Crippen LogP contribution in [-0.2, 0) is 0 Å². The van der Waals surface area contributed by atoms with Gasteiger partial charge in [0, 0.05) is 18.0 Å². The van der Waals surface area contributed by atoms with Gasteiger partial charge in [-0.1, -0.05) is 19.9 Å². The molecule has 0 aliphatic heterocycles. The standard InChI is InChI=1S/C14H18N4O2S/c1-9(2)13(11-5-4-8-21-11)17-14-10(18(19)20)6-7-12(15-3)16-14/h4-9,13H,1-3H3,(H2,15,16,17). The van der Waals surface area contributed by atoms with Crippen LogP contribution in [0.15, 0.2) is 29.6 Å². The van der Waals surface area contributed by atoms with E-state index in [1.165, 1.54) is 6.07 Å². The van der Waals surface area contributed by atoms with E-state index in [0.29, 0.717) is 11.6 Å². The summed E-state index contributed by atoms with van der Waals surface area (Å²) < 4.78 is 0. The van der Waals surface area contributed by atoms with Gasteiger partial charge in [-0.25, -0.2) is 4.98 Å². The molecule has 0 aliphatic rings. The van der Waals surface area contributed by atoms with Crippen LogP contribution in [0.4, 0.5) is 17.3 Å². The first-order valence-electron chi connectivity index (χ1n) is 6.66. The summed E-state index contributed by atoms with van der Waals surface area (Å²) in [7, 11) is 1.73. The van der Waals surface area contributed by atoms with Crippen molar-refractivity contribution in [2.75, 3.05) is 17.7 Å². The summed E-state index contributed by atoms with van der Waals surface area (Å²) in [6.07, 6.45) is 0. The number of pyridine rings is 1. The summed E-state index contributed by atoms with van der Waals surface area (Å²) in [4.78, 5) is 16.2. The minimum Gasteiger partial charge on any atom is -0.373 e. The third-order valence-corrected chi connectivity index (χ3v) is 4.09. The fraction of sp³-hybridized carbons (Fsp3) is 0.357. The van der Waals surface area contributed by atoms with E-state index in [9.17, 15) is 10.1 Å². The van der Waals surface area contributed by atoms with Crippen molar-refractivity contribution in [1.29, 1.82) is 0 Å². The second-order valence-electron chi connectivity index (χ2n) is 4.95. The molecule has 0 bridgehead atoms. The molecule has 0 spiro atoms. The lowest BCUT2D eigenvalue weighted by Crippen LogP contribution is -2.17. The number of anilines is 2. The number of hydrogen-bond donors (Lipinski definition) is 2. The topological polar surface area (TPSA) is 80.1 Å². The quantitative estimate of drug-likeness (QED) is 0.625. The molecule has 112 valence electrons. The second kappa shape index (κ2) is 6.53. The van der Waals surface area contributed by atoms with Gasteiger partial charge in [-0.15, -0.1) is 11.3 Å². The Balaban J connectivity index is 2.37. The lowest BCUT2D eigenvalue weighted by Gasteiger charge is -2.22. The molecule has 2 rings (SSSR count). The lowest BCUT2D eigenvalue weighted by atomic mass is 10.0. The van der Waals surface area contributed by atoms with Crippen molar-refractivity contribution in [3.05, 3.63) is 44.6 Å². The maximum Gasteiger partial charge on any atom is 0.311 e. The van der Waals surface area contributed by atoms with Gasteiger partial charge in [0.1, 0.15) is 5.82 Å². The second-order valence-corrected chi connectivity index (χ2v) is 5.93. The molecule has 1 atom stereocenters. The van der Waals surface area contributed by atoms with Crippen molar-refractivity contribution in [3.8, 4) is 0 Å². The molecule has 2 aromatic rings. The monoisotopic (exact) mass is 306 g/mol. The molecular formula is C14H18N4O2S. The zero-order chi connectivity index (χ0) is 15.4. The molecule has 0 amide bonds. The summed E-state index contributed by atoms with van der Waals surface area (Å²) >= 11 is 1.63. The van der Waals surface area contributed by atoms with Crippen LogP contribution >= 0.6 is 11.3 Å². The first-order chi connectivity index (χ1) is 10.0. The molecule has 0 aromatic carbocycles. The van der Waals surface area contributed by atoms with Gasteiger partial charge in [0.25, 0.3) is 0 Å². The van der Waals surface area contributed by atoms with Crippen LogP contribution in [0.1, 0.15) is 24.8 Å². The summed E-state index contributed by atoms with van der Waals surface area (Å²) in [5, 5.41) is 19.3. The third kappa shape index (κ3) is 3.49. The van der Waals surface area contributed by atoms with Gasteiger partial charge in [-0.05, 0) is 23.4 Å². The van der Waals surface area contributed by atoms with Gasteiger partial charge in [-0.2, -0.15) is 0 Å². The maximum absolute atomic E-state index is 11.2. The van der Waals surface area contributed by atoms with Gasteiger partial charge in [0.05, 0.1) is 11.0 Å². The number of nitro groups is 1. The Morgan fingerprint density at radius 3 is 2.62 bits per heavy atom. The zero-order valence-corrected chi connectivity index (χ0v) is 13.0. The Morgan fingerprint density at radius 2 is 2.10 bits per heavy atom. The SMILES string of the molecule is CNc1ccc([N+](=O)[O-])c(NC(c2cccs2)C(C)C)n1. The first-order valence-corrected chi connectivity index (χ1v) is 7.54. The van der Waals surface area contributed by atoms with Gasteiger partial charge in [-0.3, -0.25) is 10.1 Å². The Hall–Kier alpha value is -2.15. The minimum atomic E-state index is -0.416. The summed E-state index contributed by atoms with van der Waals surface area (Å²) in [6.45, 7) is 4.15. The largest absolute Gasteiger partial charge is 0.373 e. The molecule has 0 saturated carbocycles. The van der Waals surface area contributed by atoms with Crippen LogP contribution in [-0.4, -0.2) is 17.0 Å². The van der Waals surface area contributed by atoms with Crippen molar-refractivity contribution >= 4 is 28.7 Å². The molecule has 0 aliphatic carbocycles. The average Bonchev–Trinajstić information content (AvgIpc) is 2.97. The molecule has 0 radical (unpaired) electrons. The van der Waals surface area contributed by atoms with Gasteiger partial charge >= 0.3 is 5.69 Å². The van der Waals surface area contributed by atoms with E-state index < -0.39 is 4.92 Å². The fourth-order valence-corrected chi connectivity index (χ4v) is 2.98. The summed E-state index contributed by atoms with van der Waals surface area (Å²) in [6, 6.07) is 7.05. The highest BCUT2D eigenvalue weighted by Crippen LogP contribution is 2.33.